The molecule has 2 aromatic rings. The first-order valence-electron chi connectivity index (χ1n) is 5.99. The van der Waals surface area contributed by atoms with Crippen LogP contribution in [-0.4, -0.2) is 16.6 Å². The first-order chi connectivity index (χ1) is 8.72. The predicted octanol–water partition coefficient (Wildman–Crippen LogP) is 3.76. The predicted molar refractivity (Wildman–Crippen MR) is 73.0 cm³/mol. The van der Waals surface area contributed by atoms with E-state index in [1.165, 1.54) is 0 Å². The molecule has 0 bridgehead atoms. The highest BCUT2D eigenvalue weighted by Crippen LogP contribution is 2.24. The van der Waals surface area contributed by atoms with E-state index in [1.54, 1.807) is 6.07 Å². The largest absolute Gasteiger partial charge is 0.494 e. The molecule has 0 atom stereocenters. The van der Waals surface area contributed by atoms with Gasteiger partial charge in [-0.2, -0.15) is 0 Å². The van der Waals surface area contributed by atoms with Crippen LogP contribution in [0.5, 0.6) is 5.75 Å². The Kier molecular flexibility index (Phi) is 4.15. The van der Waals surface area contributed by atoms with Crippen LogP contribution < -0.4 is 4.74 Å². The first-order valence-corrected chi connectivity index (χ1v) is 6.37. The SMILES string of the molecule is CCOc1cccc(-c2cc(Cl)nc(CC)n2)c1. The van der Waals surface area contributed by atoms with Crippen molar-refractivity contribution in [3.8, 4) is 17.0 Å². The number of benzene rings is 1. The third-order valence-corrected chi connectivity index (χ3v) is 2.69. The van der Waals surface area contributed by atoms with Crippen molar-refractivity contribution in [3.63, 3.8) is 0 Å². The van der Waals surface area contributed by atoms with Gasteiger partial charge >= 0.3 is 0 Å². The van der Waals surface area contributed by atoms with Crippen LogP contribution in [0.25, 0.3) is 11.3 Å². The summed E-state index contributed by atoms with van der Waals surface area (Å²) in [6, 6.07) is 9.59. The summed E-state index contributed by atoms with van der Waals surface area (Å²) >= 11 is 6.00. The van der Waals surface area contributed by atoms with Crippen LogP contribution in [0.2, 0.25) is 5.15 Å². The number of rotatable bonds is 4. The molecule has 1 heterocycles. The first kappa shape index (κ1) is 12.8. The average Bonchev–Trinajstić information content (AvgIpc) is 2.39. The second kappa shape index (κ2) is 5.83. The van der Waals surface area contributed by atoms with E-state index in [-0.39, 0.29) is 0 Å². The molecule has 2 rings (SSSR count). The van der Waals surface area contributed by atoms with E-state index in [9.17, 15) is 0 Å². The topological polar surface area (TPSA) is 35.0 Å². The monoisotopic (exact) mass is 262 g/mol. The average molecular weight is 263 g/mol. The van der Waals surface area contributed by atoms with Gasteiger partial charge in [-0.25, -0.2) is 9.97 Å². The lowest BCUT2D eigenvalue weighted by Crippen LogP contribution is -1.96. The molecule has 0 saturated heterocycles. The smallest absolute Gasteiger partial charge is 0.133 e. The number of aromatic nitrogens is 2. The Hall–Kier alpha value is -1.61. The molecular formula is C14H15ClN2O. The van der Waals surface area contributed by atoms with Crippen molar-refractivity contribution < 1.29 is 4.74 Å². The highest BCUT2D eigenvalue weighted by Gasteiger charge is 2.05. The van der Waals surface area contributed by atoms with E-state index >= 15 is 0 Å². The van der Waals surface area contributed by atoms with Gasteiger partial charge in [-0.3, -0.25) is 0 Å². The number of ether oxygens (including phenoxy) is 1. The molecule has 0 unspecified atom stereocenters. The Labute approximate surface area is 112 Å². The normalized spacial score (nSPS) is 10.4. The van der Waals surface area contributed by atoms with Crippen molar-refractivity contribution in [2.75, 3.05) is 6.61 Å². The summed E-state index contributed by atoms with van der Waals surface area (Å²) in [4.78, 5) is 8.63. The van der Waals surface area contributed by atoms with E-state index in [0.717, 1.165) is 29.3 Å². The molecule has 1 aromatic heterocycles. The van der Waals surface area contributed by atoms with Crippen molar-refractivity contribution in [1.29, 1.82) is 0 Å². The Morgan fingerprint density at radius 2 is 2.00 bits per heavy atom. The summed E-state index contributed by atoms with van der Waals surface area (Å²) in [5.41, 5.74) is 1.81. The Balaban J connectivity index is 2.41. The van der Waals surface area contributed by atoms with Crippen molar-refractivity contribution in [2.45, 2.75) is 20.3 Å². The molecule has 18 heavy (non-hydrogen) atoms. The number of halogens is 1. The minimum absolute atomic E-state index is 0.471. The summed E-state index contributed by atoms with van der Waals surface area (Å²) in [7, 11) is 0. The molecule has 0 aliphatic heterocycles. The zero-order valence-corrected chi connectivity index (χ0v) is 11.2. The maximum absolute atomic E-state index is 6.00. The lowest BCUT2D eigenvalue weighted by atomic mass is 10.1. The molecule has 1 aromatic carbocycles. The van der Waals surface area contributed by atoms with Crippen LogP contribution in [0, 0.1) is 0 Å². The summed E-state index contributed by atoms with van der Waals surface area (Å²) in [6.45, 7) is 4.61. The summed E-state index contributed by atoms with van der Waals surface area (Å²) in [6.07, 6.45) is 0.763. The maximum atomic E-state index is 6.00. The molecule has 0 amide bonds. The Morgan fingerprint density at radius 1 is 1.17 bits per heavy atom. The molecule has 3 nitrogen and oxygen atoms in total. The molecule has 4 heteroatoms. The third kappa shape index (κ3) is 2.99. The van der Waals surface area contributed by atoms with Crippen LogP contribution >= 0.6 is 11.6 Å². The van der Waals surface area contributed by atoms with Gasteiger partial charge in [0.2, 0.25) is 0 Å². The second-order valence-electron chi connectivity index (χ2n) is 3.81. The van der Waals surface area contributed by atoms with Crippen LogP contribution in [0.3, 0.4) is 0 Å². The molecule has 0 aliphatic carbocycles. The van der Waals surface area contributed by atoms with E-state index in [0.29, 0.717) is 11.8 Å². The second-order valence-corrected chi connectivity index (χ2v) is 4.19. The lowest BCUT2D eigenvalue weighted by Gasteiger charge is -2.07. The van der Waals surface area contributed by atoms with Crippen molar-refractivity contribution in [3.05, 3.63) is 41.3 Å². The standard InChI is InChI=1S/C14H15ClN2O/c1-3-14-16-12(9-13(15)17-14)10-6-5-7-11(8-10)18-4-2/h5-9H,3-4H2,1-2H3. The molecule has 0 saturated carbocycles. The zero-order valence-electron chi connectivity index (χ0n) is 10.5. The fraction of sp³-hybridized carbons (Fsp3) is 0.286. The Morgan fingerprint density at radius 3 is 2.72 bits per heavy atom. The van der Waals surface area contributed by atoms with Gasteiger partial charge in [-0.15, -0.1) is 0 Å². The van der Waals surface area contributed by atoms with Crippen LogP contribution in [0.1, 0.15) is 19.7 Å². The van der Waals surface area contributed by atoms with Gasteiger partial charge < -0.3 is 4.74 Å². The van der Waals surface area contributed by atoms with Gasteiger partial charge in [0.25, 0.3) is 0 Å². The zero-order chi connectivity index (χ0) is 13.0. The molecule has 0 spiro atoms. The van der Waals surface area contributed by atoms with Crippen molar-refractivity contribution in [2.24, 2.45) is 0 Å². The highest BCUT2D eigenvalue weighted by molar-refractivity contribution is 6.29. The van der Waals surface area contributed by atoms with Crippen molar-refractivity contribution >= 4 is 11.6 Å². The molecular weight excluding hydrogens is 248 g/mol. The molecule has 0 radical (unpaired) electrons. The molecule has 0 fully saturated rings. The van der Waals surface area contributed by atoms with Gasteiger partial charge in [0, 0.05) is 18.1 Å². The highest BCUT2D eigenvalue weighted by atomic mass is 35.5. The van der Waals surface area contributed by atoms with E-state index < -0.39 is 0 Å². The summed E-state index contributed by atoms with van der Waals surface area (Å²) < 4.78 is 5.48. The fourth-order valence-electron chi connectivity index (χ4n) is 1.68. The van der Waals surface area contributed by atoms with Crippen LogP contribution in [-0.2, 0) is 6.42 Å². The number of aryl methyl sites for hydroxylation is 1. The van der Waals surface area contributed by atoms with E-state index in [2.05, 4.69) is 9.97 Å². The van der Waals surface area contributed by atoms with Gasteiger partial charge in [0.15, 0.2) is 0 Å². The molecule has 0 aliphatic rings. The summed E-state index contributed by atoms with van der Waals surface area (Å²) in [5.74, 6) is 1.59. The number of nitrogens with zero attached hydrogens (tertiary/aromatic N) is 2. The Bertz CT molecular complexity index is 543. The summed E-state index contributed by atoms with van der Waals surface area (Å²) in [5, 5.41) is 0.471. The van der Waals surface area contributed by atoms with Gasteiger partial charge in [-0.1, -0.05) is 30.7 Å². The minimum atomic E-state index is 0.471. The van der Waals surface area contributed by atoms with Gasteiger partial charge in [-0.05, 0) is 19.1 Å². The minimum Gasteiger partial charge on any atom is -0.494 e. The fourth-order valence-corrected chi connectivity index (χ4v) is 1.88. The number of hydrogen-bond donors (Lipinski definition) is 0. The third-order valence-electron chi connectivity index (χ3n) is 2.50. The van der Waals surface area contributed by atoms with Crippen molar-refractivity contribution in [1.82, 2.24) is 9.97 Å². The lowest BCUT2D eigenvalue weighted by molar-refractivity contribution is 0.340. The number of hydrogen-bond acceptors (Lipinski definition) is 3. The van der Waals surface area contributed by atoms with Crippen LogP contribution in [0.4, 0.5) is 0 Å². The van der Waals surface area contributed by atoms with Gasteiger partial charge in [0.05, 0.1) is 12.3 Å². The maximum Gasteiger partial charge on any atom is 0.133 e. The molecule has 94 valence electrons. The van der Waals surface area contributed by atoms with E-state index in [1.807, 2.05) is 38.1 Å². The quantitative estimate of drug-likeness (QED) is 0.787. The van der Waals surface area contributed by atoms with E-state index in [4.69, 9.17) is 16.3 Å². The van der Waals surface area contributed by atoms with Gasteiger partial charge in [0.1, 0.15) is 16.7 Å². The molecule has 0 N–H and O–H groups in total. The van der Waals surface area contributed by atoms with Crippen LogP contribution in [0.15, 0.2) is 30.3 Å².